The first-order valence-electron chi connectivity index (χ1n) is 12.1. The molecule has 9 nitrogen and oxygen atoms in total. The van der Waals surface area contributed by atoms with Crippen LogP contribution in [0.3, 0.4) is 0 Å². The largest absolute Gasteiger partial charge is 0.507 e. The van der Waals surface area contributed by atoms with Crippen LogP contribution >= 0.6 is 11.3 Å². The number of aryl methyl sites for hydroxylation is 1. The third kappa shape index (κ3) is 4.30. The molecule has 0 aliphatic carbocycles. The summed E-state index contributed by atoms with van der Waals surface area (Å²) >= 11 is 0.960. The van der Waals surface area contributed by atoms with E-state index in [1.807, 2.05) is 6.92 Å². The Morgan fingerprint density at radius 1 is 1.24 bits per heavy atom. The second kappa shape index (κ2) is 9.94. The second-order valence-corrected chi connectivity index (χ2v) is 10.0. The summed E-state index contributed by atoms with van der Waals surface area (Å²) in [5.74, 6) is -1.34. The Labute approximate surface area is 223 Å². The van der Waals surface area contributed by atoms with Gasteiger partial charge in [-0.05, 0) is 62.2 Å². The zero-order valence-electron chi connectivity index (χ0n) is 21.3. The molecule has 0 saturated carbocycles. The SMILES string of the molecule is CCOC(=O)c1sc(N2C(=O)C(=O)C(=C(O)c3ccc4c(c3)CC(C)O4)C2c2cccc(OC)c2)nc1C. The number of aliphatic hydroxyl groups is 1. The number of esters is 1. The molecule has 2 unspecified atom stereocenters. The number of hydrogen-bond acceptors (Lipinski definition) is 9. The van der Waals surface area contributed by atoms with E-state index in [2.05, 4.69) is 4.98 Å². The van der Waals surface area contributed by atoms with Gasteiger partial charge in [-0.15, -0.1) is 0 Å². The number of rotatable bonds is 6. The third-order valence-corrected chi connectivity index (χ3v) is 7.61. The molecule has 1 N–H and O–H groups in total. The number of ketones is 1. The number of nitrogens with zero attached hydrogens (tertiary/aromatic N) is 2. The summed E-state index contributed by atoms with van der Waals surface area (Å²) in [5, 5.41) is 11.6. The minimum absolute atomic E-state index is 0.00602. The summed E-state index contributed by atoms with van der Waals surface area (Å²) in [5.41, 5.74) is 2.13. The minimum Gasteiger partial charge on any atom is -0.507 e. The number of ether oxygens (including phenoxy) is 3. The minimum atomic E-state index is -1.01. The van der Waals surface area contributed by atoms with Gasteiger partial charge in [-0.25, -0.2) is 9.78 Å². The number of carbonyl (C=O) groups is 3. The highest BCUT2D eigenvalue weighted by atomic mass is 32.1. The van der Waals surface area contributed by atoms with Gasteiger partial charge in [-0.3, -0.25) is 14.5 Å². The molecule has 1 fully saturated rings. The molecule has 0 bridgehead atoms. The lowest BCUT2D eigenvalue weighted by Gasteiger charge is -2.23. The number of aliphatic hydroxyl groups excluding tert-OH is 1. The van der Waals surface area contributed by atoms with Crippen LogP contribution in [0.2, 0.25) is 0 Å². The van der Waals surface area contributed by atoms with Gasteiger partial charge in [0, 0.05) is 12.0 Å². The van der Waals surface area contributed by atoms with Crippen molar-refractivity contribution >= 4 is 39.9 Å². The first-order valence-corrected chi connectivity index (χ1v) is 12.9. The van der Waals surface area contributed by atoms with E-state index in [4.69, 9.17) is 14.2 Å². The highest BCUT2D eigenvalue weighted by Crippen LogP contribution is 2.45. The maximum absolute atomic E-state index is 13.5. The van der Waals surface area contributed by atoms with Crippen molar-refractivity contribution in [1.29, 1.82) is 0 Å². The van der Waals surface area contributed by atoms with Gasteiger partial charge in [0.05, 0.1) is 31.0 Å². The van der Waals surface area contributed by atoms with E-state index < -0.39 is 23.7 Å². The maximum atomic E-state index is 13.5. The molecule has 2 atom stereocenters. The average molecular weight is 535 g/mol. The highest BCUT2D eigenvalue weighted by molar-refractivity contribution is 7.17. The number of benzene rings is 2. The predicted molar refractivity (Wildman–Crippen MR) is 141 cm³/mol. The zero-order chi connectivity index (χ0) is 27.1. The molecule has 0 spiro atoms. The van der Waals surface area contributed by atoms with E-state index >= 15 is 0 Å². The van der Waals surface area contributed by atoms with Crippen LogP contribution in [0.4, 0.5) is 5.13 Å². The summed E-state index contributed by atoms with van der Waals surface area (Å²) in [6, 6.07) is 11.1. The molecule has 1 aromatic heterocycles. The van der Waals surface area contributed by atoms with Crippen molar-refractivity contribution in [2.75, 3.05) is 18.6 Å². The van der Waals surface area contributed by atoms with Gasteiger partial charge in [-0.2, -0.15) is 0 Å². The molecule has 3 heterocycles. The lowest BCUT2D eigenvalue weighted by molar-refractivity contribution is -0.132. The normalized spacial score (nSPS) is 19.8. The van der Waals surface area contributed by atoms with Gasteiger partial charge in [0.25, 0.3) is 5.78 Å². The fourth-order valence-corrected chi connectivity index (χ4v) is 5.74. The number of Topliss-reactive ketones (excluding diaryl/α,β-unsaturated/α-hetero) is 1. The molecular weight excluding hydrogens is 508 g/mol. The molecule has 2 aromatic carbocycles. The average Bonchev–Trinajstić information content (AvgIpc) is 3.55. The summed E-state index contributed by atoms with van der Waals surface area (Å²) in [6.07, 6.45) is 0.672. The van der Waals surface area contributed by atoms with Crippen molar-refractivity contribution in [3.8, 4) is 11.5 Å². The second-order valence-electron chi connectivity index (χ2n) is 9.03. The van der Waals surface area contributed by atoms with E-state index in [9.17, 15) is 19.5 Å². The number of thiazole rings is 1. The first-order chi connectivity index (χ1) is 18.2. The van der Waals surface area contributed by atoms with E-state index in [1.165, 1.54) is 12.0 Å². The number of hydrogen-bond donors (Lipinski definition) is 1. The van der Waals surface area contributed by atoms with E-state index in [-0.39, 0.29) is 34.1 Å². The van der Waals surface area contributed by atoms with Crippen LogP contribution in [0.5, 0.6) is 11.5 Å². The topological polar surface area (TPSA) is 115 Å². The molecule has 2 aliphatic heterocycles. The molecular formula is C28H26N2O7S. The van der Waals surface area contributed by atoms with E-state index in [0.29, 0.717) is 29.0 Å². The lowest BCUT2D eigenvalue weighted by atomic mass is 9.94. The Morgan fingerprint density at radius 2 is 2.03 bits per heavy atom. The number of methoxy groups -OCH3 is 1. The Balaban J connectivity index is 1.68. The van der Waals surface area contributed by atoms with Crippen molar-refractivity contribution in [2.45, 2.75) is 39.3 Å². The molecule has 10 heteroatoms. The van der Waals surface area contributed by atoms with Crippen molar-refractivity contribution in [3.63, 3.8) is 0 Å². The molecule has 3 aromatic rings. The van der Waals surface area contributed by atoms with E-state index in [1.54, 1.807) is 56.3 Å². The highest BCUT2D eigenvalue weighted by Gasteiger charge is 2.48. The molecule has 1 saturated heterocycles. The van der Waals surface area contributed by atoms with Crippen molar-refractivity contribution in [3.05, 3.63) is 75.3 Å². The molecule has 1 amide bonds. The summed E-state index contributed by atoms with van der Waals surface area (Å²) in [6.45, 7) is 5.47. The molecule has 5 rings (SSSR count). The van der Waals surface area contributed by atoms with Gasteiger partial charge in [0.15, 0.2) is 5.13 Å². The van der Waals surface area contributed by atoms with Gasteiger partial charge < -0.3 is 19.3 Å². The maximum Gasteiger partial charge on any atom is 0.350 e. The number of carbonyl (C=O) groups excluding carboxylic acids is 3. The van der Waals surface area contributed by atoms with Crippen molar-refractivity contribution < 1.29 is 33.7 Å². The fraction of sp³-hybridized carbons (Fsp3) is 0.286. The standard InChI is InChI=1S/C28H26N2O7S/c1-5-36-27(34)25-15(3)29-28(38-25)30-22(16-7-6-8-19(13-16)35-4)21(24(32)26(30)33)23(31)17-9-10-20-18(12-17)11-14(2)37-20/h6-10,12-14,22,31H,5,11H2,1-4H3. The van der Waals surface area contributed by atoms with Crippen LogP contribution in [0, 0.1) is 6.92 Å². The third-order valence-electron chi connectivity index (χ3n) is 6.48. The monoisotopic (exact) mass is 534 g/mol. The zero-order valence-corrected chi connectivity index (χ0v) is 22.1. The molecule has 0 radical (unpaired) electrons. The number of fused-ring (bicyclic) bond motifs is 1. The van der Waals surface area contributed by atoms with Crippen LogP contribution in [0.15, 0.2) is 48.0 Å². The molecule has 2 aliphatic rings. The fourth-order valence-electron chi connectivity index (χ4n) is 4.75. The van der Waals surface area contributed by atoms with Crippen LogP contribution in [-0.2, 0) is 20.7 Å². The van der Waals surface area contributed by atoms with Crippen molar-refractivity contribution in [1.82, 2.24) is 4.98 Å². The van der Waals surface area contributed by atoms with Gasteiger partial charge >= 0.3 is 11.9 Å². The summed E-state index contributed by atoms with van der Waals surface area (Å²) in [4.78, 5) is 45.3. The number of amides is 1. The number of aromatic nitrogens is 1. The van der Waals surface area contributed by atoms with Gasteiger partial charge in [0.2, 0.25) is 0 Å². The van der Waals surface area contributed by atoms with Crippen LogP contribution in [-0.4, -0.2) is 47.6 Å². The van der Waals surface area contributed by atoms with Crippen LogP contribution < -0.4 is 14.4 Å². The Kier molecular flexibility index (Phi) is 6.66. The Hall–Kier alpha value is -4.18. The van der Waals surface area contributed by atoms with Crippen molar-refractivity contribution in [2.24, 2.45) is 0 Å². The Morgan fingerprint density at radius 3 is 2.76 bits per heavy atom. The smallest absolute Gasteiger partial charge is 0.350 e. The van der Waals surface area contributed by atoms with Gasteiger partial charge in [-0.1, -0.05) is 23.5 Å². The number of anilines is 1. The predicted octanol–water partition coefficient (Wildman–Crippen LogP) is 4.59. The summed E-state index contributed by atoms with van der Waals surface area (Å²) < 4.78 is 16.3. The summed E-state index contributed by atoms with van der Waals surface area (Å²) in [7, 11) is 1.51. The van der Waals surface area contributed by atoms with Gasteiger partial charge in [0.1, 0.15) is 28.2 Å². The quantitative estimate of drug-likeness (QED) is 0.211. The Bertz CT molecular complexity index is 1490. The van der Waals surface area contributed by atoms with Crippen LogP contribution in [0.1, 0.15) is 51.9 Å². The lowest BCUT2D eigenvalue weighted by Crippen LogP contribution is -2.29. The molecule has 38 heavy (non-hydrogen) atoms. The van der Waals surface area contributed by atoms with E-state index in [0.717, 1.165) is 22.6 Å². The first kappa shape index (κ1) is 25.5. The van der Waals surface area contributed by atoms with Crippen LogP contribution in [0.25, 0.3) is 5.76 Å². The molecule has 196 valence electrons.